The van der Waals surface area contributed by atoms with E-state index < -0.39 is 0 Å². The molecule has 0 fully saturated rings. The summed E-state index contributed by atoms with van der Waals surface area (Å²) >= 11 is 8.95. The number of nitrogens with one attached hydrogen (secondary N) is 1. The quantitative estimate of drug-likeness (QED) is 0.441. The molecule has 1 heterocycles. The lowest BCUT2D eigenvalue weighted by atomic mass is 10.1. The minimum atomic E-state index is 0.0713. The van der Waals surface area contributed by atoms with Crippen molar-refractivity contribution in [1.82, 2.24) is 5.32 Å². The van der Waals surface area contributed by atoms with Crippen molar-refractivity contribution in [2.75, 3.05) is 6.54 Å². The van der Waals surface area contributed by atoms with Crippen molar-refractivity contribution in [3.63, 3.8) is 0 Å². The Labute approximate surface area is 149 Å². The summed E-state index contributed by atoms with van der Waals surface area (Å²) in [4.78, 5) is 1.20. The molecule has 2 rings (SSSR count). The second kappa shape index (κ2) is 9.81. The lowest BCUT2D eigenvalue weighted by molar-refractivity contribution is 0.511. The Morgan fingerprint density at radius 2 is 1.91 bits per heavy atom. The SMILES string of the molecule is CC.CCc1cc2oc(C(S)CNC(C)C)cc2cc1SS. The Balaban J connectivity index is 0.00000116. The molecule has 1 atom stereocenters. The van der Waals surface area contributed by atoms with Crippen LogP contribution in [0, 0.1) is 0 Å². The van der Waals surface area contributed by atoms with Crippen molar-refractivity contribution in [2.45, 2.75) is 57.2 Å². The standard InChI is InChI=1S/C15H21NOS3.C2H6/c1-4-10-5-12-11(7-15(10)20-19)6-13(17-12)14(18)8-16-9(2)3;1-2/h5-7,9,14,16,18-19H,4,8H2,1-3H3;1-2H3. The summed E-state index contributed by atoms with van der Waals surface area (Å²) < 4.78 is 5.95. The highest BCUT2D eigenvalue weighted by molar-refractivity contribution is 8.68. The maximum absolute atomic E-state index is 5.95. The van der Waals surface area contributed by atoms with Crippen LogP contribution in [0.1, 0.15) is 51.2 Å². The van der Waals surface area contributed by atoms with Gasteiger partial charge in [-0.15, -0.1) is 11.7 Å². The predicted octanol–water partition coefficient (Wildman–Crippen LogP) is 5.93. The van der Waals surface area contributed by atoms with Gasteiger partial charge in [-0.2, -0.15) is 12.6 Å². The third-order valence-corrected chi connectivity index (χ3v) is 4.85. The van der Waals surface area contributed by atoms with Crippen molar-refractivity contribution in [2.24, 2.45) is 0 Å². The van der Waals surface area contributed by atoms with E-state index in [2.05, 4.69) is 68.6 Å². The Kier molecular flexibility index (Phi) is 8.83. The highest BCUT2D eigenvalue weighted by Gasteiger charge is 2.14. The van der Waals surface area contributed by atoms with Crippen LogP contribution in [-0.2, 0) is 6.42 Å². The average molecular weight is 358 g/mol. The molecular formula is C17H27NOS3. The van der Waals surface area contributed by atoms with Gasteiger partial charge in [0, 0.05) is 22.9 Å². The lowest BCUT2D eigenvalue weighted by Gasteiger charge is -2.11. The zero-order valence-corrected chi connectivity index (χ0v) is 16.6. The van der Waals surface area contributed by atoms with E-state index in [1.165, 1.54) is 21.3 Å². The summed E-state index contributed by atoms with van der Waals surface area (Å²) in [6.07, 6.45) is 0.980. The number of hydrogen-bond acceptors (Lipinski definition) is 5. The molecule has 0 aliphatic heterocycles. The number of aryl methyl sites for hydroxylation is 1. The fourth-order valence-corrected chi connectivity index (χ4v) is 3.34. The normalized spacial score (nSPS) is 12.4. The van der Waals surface area contributed by atoms with Crippen LogP contribution < -0.4 is 5.32 Å². The largest absolute Gasteiger partial charge is 0.460 e. The van der Waals surface area contributed by atoms with Crippen LogP contribution in [0.2, 0.25) is 0 Å². The Hall–Kier alpha value is -0.230. The van der Waals surface area contributed by atoms with Gasteiger partial charge in [-0.1, -0.05) is 45.4 Å². The third kappa shape index (κ3) is 5.15. The summed E-state index contributed by atoms with van der Waals surface area (Å²) in [5.41, 5.74) is 2.21. The maximum atomic E-state index is 5.95. The van der Waals surface area contributed by atoms with Crippen molar-refractivity contribution in [3.8, 4) is 0 Å². The molecular weight excluding hydrogens is 330 g/mol. The van der Waals surface area contributed by atoms with E-state index >= 15 is 0 Å². The summed E-state index contributed by atoms with van der Waals surface area (Å²) in [6.45, 7) is 11.2. The molecule has 1 unspecified atom stereocenters. The number of hydrogen-bond donors (Lipinski definition) is 3. The van der Waals surface area contributed by atoms with E-state index in [-0.39, 0.29) is 5.25 Å². The Bertz CT molecular complexity index is 540. The monoisotopic (exact) mass is 357 g/mol. The van der Waals surface area contributed by atoms with Gasteiger partial charge >= 0.3 is 0 Å². The molecule has 5 heteroatoms. The predicted molar refractivity (Wildman–Crippen MR) is 107 cm³/mol. The van der Waals surface area contributed by atoms with E-state index in [1.54, 1.807) is 0 Å². The molecule has 0 aliphatic carbocycles. The summed E-state index contributed by atoms with van der Waals surface area (Å²) in [6, 6.07) is 6.80. The fourth-order valence-electron chi connectivity index (χ4n) is 2.10. The number of benzene rings is 1. The molecule has 2 aromatic rings. The smallest absolute Gasteiger partial charge is 0.134 e. The minimum absolute atomic E-state index is 0.0713. The van der Waals surface area contributed by atoms with Crippen LogP contribution in [0.4, 0.5) is 0 Å². The highest BCUT2D eigenvalue weighted by Crippen LogP contribution is 2.34. The van der Waals surface area contributed by atoms with Gasteiger partial charge in [0.15, 0.2) is 0 Å². The maximum Gasteiger partial charge on any atom is 0.134 e. The van der Waals surface area contributed by atoms with Gasteiger partial charge in [0.1, 0.15) is 11.3 Å². The molecule has 2 nitrogen and oxygen atoms in total. The lowest BCUT2D eigenvalue weighted by Crippen LogP contribution is -2.26. The molecule has 22 heavy (non-hydrogen) atoms. The zero-order chi connectivity index (χ0) is 16.7. The van der Waals surface area contributed by atoms with Crippen LogP contribution in [0.5, 0.6) is 0 Å². The molecule has 1 aromatic carbocycles. The van der Waals surface area contributed by atoms with Crippen LogP contribution in [-0.4, -0.2) is 12.6 Å². The van der Waals surface area contributed by atoms with Crippen LogP contribution in [0.15, 0.2) is 27.5 Å². The first-order chi connectivity index (χ1) is 10.5. The first-order valence-corrected chi connectivity index (χ1v) is 10.2. The second-order valence-corrected chi connectivity index (χ2v) is 6.96. The molecule has 0 saturated heterocycles. The van der Waals surface area contributed by atoms with Gasteiger partial charge in [0.25, 0.3) is 0 Å². The number of thiol groups is 2. The molecule has 124 valence electrons. The molecule has 1 N–H and O–H groups in total. The first-order valence-electron chi connectivity index (χ1n) is 7.84. The molecule has 0 spiro atoms. The van der Waals surface area contributed by atoms with Gasteiger partial charge in [-0.05, 0) is 30.2 Å². The molecule has 0 aliphatic rings. The molecule has 0 bridgehead atoms. The van der Waals surface area contributed by atoms with Crippen LogP contribution >= 0.6 is 35.1 Å². The second-order valence-electron chi connectivity index (χ2n) is 5.17. The minimum Gasteiger partial charge on any atom is -0.460 e. The Morgan fingerprint density at radius 3 is 2.45 bits per heavy atom. The summed E-state index contributed by atoms with van der Waals surface area (Å²) in [7, 11) is 1.49. The van der Waals surface area contributed by atoms with E-state index in [0.717, 1.165) is 29.7 Å². The van der Waals surface area contributed by atoms with Gasteiger partial charge in [-0.3, -0.25) is 0 Å². The van der Waals surface area contributed by atoms with Crippen molar-refractivity contribution >= 4 is 46.1 Å². The topological polar surface area (TPSA) is 25.2 Å². The van der Waals surface area contributed by atoms with Gasteiger partial charge in [-0.25, -0.2) is 0 Å². The zero-order valence-electron chi connectivity index (χ0n) is 14.0. The molecule has 1 aromatic heterocycles. The van der Waals surface area contributed by atoms with Crippen molar-refractivity contribution in [3.05, 3.63) is 29.5 Å². The molecule has 0 saturated carbocycles. The average Bonchev–Trinajstić information content (AvgIpc) is 2.95. The van der Waals surface area contributed by atoms with Gasteiger partial charge in [0.2, 0.25) is 0 Å². The van der Waals surface area contributed by atoms with Crippen molar-refractivity contribution in [1.29, 1.82) is 0 Å². The summed E-state index contributed by atoms with van der Waals surface area (Å²) in [5.74, 6) is 0.917. The van der Waals surface area contributed by atoms with E-state index in [0.29, 0.717) is 6.04 Å². The number of furan rings is 1. The van der Waals surface area contributed by atoms with Crippen molar-refractivity contribution < 1.29 is 4.42 Å². The highest BCUT2D eigenvalue weighted by atomic mass is 33.1. The summed E-state index contributed by atoms with van der Waals surface area (Å²) in [5, 5.41) is 4.57. The third-order valence-electron chi connectivity index (χ3n) is 3.25. The van der Waals surface area contributed by atoms with Gasteiger partial charge < -0.3 is 9.73 Å². The fraction of sp³-hybridized carbons (Fsp3) is 0.529. The number of fused-ring (bicyclic) bond motifs is 1. The van der Waals surface area contributed by atoms with E-state index in [1.807, 2.05) is 13.8 Å². The molecule has 0 amide bonds. The van der Waals surface area contributed by atoms with Crippen LogP contribution in [0.25, 0.3) is 11.0 Å². The first kappa shape index (κ1) is 19.8. The number of rotatable bonds is 6. The molecule has 0 radical (unpaired) electrons. The van der Waals surface area contributed by atoms with E-state index in [4.69, 9.17) is 4.42 Å². The van der Waals surface area contributed by atoms with E-state index in [9.17, 15) is 0 Å². The van der Waals surface area contributed by atoms with Crippen LogP contribution in [0.3, 0.4) is 0 Å². The Morgan fingerprint density at radius 1 is 1.23 bits per heavy atom. The van der Waals surface area contributed by atoms with Gasteiger partial charge in [0.05, 0.1) is 5.25 Å².